The lowest BCUT2D eigenvalue weighted by atomic mass is 9.99. The maximum atomic E-state index is 14.0. The van der Waals surface area contributed by atoms with Gasteiger partial charge in [0.2, 0.25) is 5.91 Å². The molecule has 2 heterocycles. The summed E-state index contributed by atoms with van der Waals surface area (Å²) < 4.78 is 19.0. The monoisotopic (exact) mass is 553 g/mol. The Balaban J connectivity index is 1.43. The minimum atomic E-state index is -0.327. The van der Waals surface area contributed by atoms with E-state index in [4.69, 9.17) is 14.2 Å². The van der Waals surface area contributed by atoms with E-state index in [-0.39, 0.29) is 30.4 Å². The molecule has 0 spiro atoms. The van der Waals surface area contributed by atoms with Gasteiger partial charge in [0.05, 0.1) is 20.3 Å². The van der Waals surface area contributed by atoms with Crippen molar-refractivity contribution in [3.8, 4) is 23.0 Å². The fourth-order valence-corrected chi connectivity index (χ4v) is 5.20. The number of amides is 2. The SMILES string of the molecule is COc1cc(OC)cc(C(=O)N(CC(=O)N2CCn3cccc3C2c2cccc(Oc3ccccc3)c2)C(C)C)c1. The highest BCUT2D eigenvalue weighted by Crippen LogP contribution is 2.35. The molecule has 0 fully saturated rings. The maximum Gasteiger partial charge on any atom is 0.254 e. The molecule has 8 heteroatoms. The summed E-state index contributed by atoms with van der Waals surface area (Å²) in [6.45, 7) is 4.95. The van der Waals surface area contributed by atoms with Gasteiger partial charge in [-0.25, -0.2) is 0 Å². The fraction of sp³-hybridized carbons (Fsp3) is 0.273. The van der Waals surface area contributed by atoms with Crippen LogP contribution in [-0.4, -0.2) is 59.5 Å². The van der Waals surface area contributed by atoms with Crippen LogP contribution in [0.2, 0.25) is 0 Å². The number of hydrogen-bond acceptors (Lipinski definition) is 5. The summed E-state index contributed by atoms with van der Waals surface area (Å²) in [7, 11) is 3.08. The van der Waals surface area contributed by atoms with E-state index in [2.05, 4.69) is 4.57 Å². The van der Waals surface area contributed by atoms with Gasteiger partial charge in [0, 0.05) is 42.7 Å². The standard InChI is InChI=1S/C33H35N3O5/c1-23(2)36(33(38)25-19-28(39-3)21-29(20-25)40-4)22-31(37)35-17-16-34-15-9-14-30(34)32(35)24-10-8-13-27(18-24)41-26-11-6-5-7-12-26/h5-15,18-21,23,32H,16-17,22H2,1-4H3. The first kappa shape index (κ1) is 27.8. The molecule has 41 heavy (non-hydrogen) atoms. The molecule has 0 aliphatic carbocycles. The molecule has 5 rings (SSSR count). The number of ether oxygens (including phenoxy) is 3. The second kappa shape index (κ2) is 12.2. The van der Waals surface area contributed by atoms with E-state index in [9.17, 15) is 9.59 Å². The third kappa shape index (κ3) is 6.06. The first-order chi connectivity index (χ1) is 19.9. The number of rotatable bonds is 9. The summed E-state index contributed by atoms with van der Waals surface area (Å²) in [6.07, 6.45) is 2.04. The molecule has 8 nitrogen and oxygen atoms in total. The van der Waals surface area contributed by atoms with Crippen LogP contribution in [0.4, 0.5) is 0 Å². The van der Waals surface area contributed by atoms with Gasteiger partial charge >= 0.3 is 0 Å². The fourth-order valence-electron chi connectivity index (χ4n) is 5.20. The van der Waals surface area contributed by atoms with E-state index < -0.39 is 0 Å². The molecule has 2 amide bonds. The van der Waals surface area contributed by atoms with E-state index in [0.29, 0.717) is 35.9 Å². The first-order valence-corrected chi connectivity index (χ1v) is 13.7. The van der Waals surface area contributed by atoms with Crippen molar-refractivity contribution >= 4 is 11.8 Å². The number of aromatic nitrogens is 1. The van der Waals surface area contributed by atoms with E-state index in [0.717, 1.165) is 17.0 Å². The molecule has 0 N–H and O–H groups in total. The largest absolute Gasteiger partial charge is 0.497 e. The van der Waals surface area contributed by atoms with Crippen molar-refractivity contribution in [2.24, 2.45) is 0 Å². The predicted molar refractivity (Wildman–Crippen MR) is 157 cm³/mol. The maximum absolute atomic E-state index is 14.0. The topological polar surface area (TPSA) is 73.2 Å². The first-order valence-electron chi connectivity index (χ1n) is 13.7. The van der Waals surface area contributed by atoms with Crippen LogP contribution in [0.5, 0.6) is 23.0 Å². The summed E-state index contributed by atoms with van der Waals surface area (Å²) in [4.78, 5) is 31.2. The lowest BCUT2D eigenvalue weighted by Gasteiger charge is -2.39. The van der Waals surface area contributed by atoms with Crippen LogP contribution in [0.3, 0.4) is 0 Å². The Kier molecular flexibility index (Phi) is 8.29. The number of carbonyl (C=O) groups excluding carboxylic acids is 2. The Morgan fingerprint density at radius 1 is 0.829 bits per heavy atom. The number of methoxy groups -OCH3 is 2. The zero-order chi connectivity index (χ0) is 28.9. The lowest BCUT2D eigenvalue weighted by molar-refractivity contribution is -0.135. The molecule has 1 atom stereocenters. The number of benzene rings is 3. The number of para-hydroxylation sites is 1. The van der Waals surface area contributed by atoms with Crippen molar-refractivity contribution in [3.63, 3.8) is 0 Å². The molecule has 1 aromatic heterocycles. The number of hydrogen-bond donors (Lipinski definition) is 0. The number of carbonyl (C=O) groups is 2. The van der Waals surface area contributed by atoms with Gasteiger partial charge in [-0.2, -0.15) is 0 Å². The highest BCUT2D eigenvalue weighted by atomic mass is 16.5. The summed E-state index contributed by atoms with van der Waals surface area (Å²) in [5.41, 5.74) is 2.35. The Hall–Kier alpha value is -4.72. The summed E-state index contributed by atoms with van der Waals surface area (Å²) >= 11 is 0. The van der Waals surface area contributed by atoms with Crippen molar-refractivity contribution in [1.29, 1.82) is 0 Å². The average molecular weight is 554 g/mol. The van der Waals surface area contributed by atoms with Crippen LogP contribution in [-0.2, 0) is 11.3 Å². The average Bonchev–Trinajstić information content (AvgIpc) is 3.48. The molecule has 1 aliphatic rings. The van der Waals surface area contributed by atoms with Gasteiger partial charge in [0.1, 0.15) is 29.5 Å². The van der Waals surface area contributed by atoms with Crippen LogP contribution < -0.4 is 14.2 Å². The van der Waals surface area contributed by atoms with Crippen LogP contribution in [0, 0.1) is 0 Å². The highest BCUT2D eigenvalue weighted by molar-refractivity contribution is 5.97. The Morgan fingerprint density at radius 2 is 1.54 bits per heavy atom. The molecule has 0 radical (unpaired) electrons. The van der Waals surface area contributed by atoms with Crippen molar-refractivity contribution in [2.45, 2.75) is 32.5 Å². The van der Waals surface area contributed by atoms with E-state index in [1.54, 1.807) is 37.3 Å². The molecular formula is C33H35N3O5. The number of nitrogens with zero attached hydrogens (tertiary/aromatic N) is 3. The van der Waals surface area contributed by atoms with Crippen LogP contribution in [0.15, 0.2) is 91.1 Å². The second-order valence-electron chi connectivity index (χ2n) is 10.2. The van der Waals surface area contributed by atoms with E-state index in [1.165, 1.54) is 0 Å². The van der Waals surface area contributed by atoms with Gasteiger partial charge < -0.3 is 28.6 Å². The molecule has 1 aliphatic heterocycles. The van der Waals surface area contributed by atoms with Gasteiger partial charge in [0.25, 0.3) is 5.91 Å². The Bertz CT molecular complexity index is 1490. The van der Waals surface area contributed by atoms with Gasteiger partial charge in [-0.05, 0) is 67.9 Å². The van der Waals surface area contributed by atoms with E-state index in [1.807, 2.05) is 91.7 Å². The van der Waals surface area contributed by atoms with Crippen LogP contribution in [0.25, 0.3) is 0 Å². The summed E-state index contributed by atoms with van der Waals surface area (Å²) in [5, 5.41) is 0. The smallest absolute Gasteiger partial charge is 0.254 e. The second-order valence-corrected chi connectivity index (χ2v) is 10.2. The predicted octanol–water partition coefficient (Wildman–Crippen LogP) is 5.78. The van der Waals surface area contributed by atoms with Gasteiger partial charge in [-0.3, -0.25) is 9.59 Å². The minimum Gasteiger partial charge on any atom is -0.497 e. The normalized spacial score (nSPS) is 14.4. The quantitative estimate of drug-likeness (QED) is 0.263. The highest BCUT2D eigenvalue weighted by Gasteiger charge is 2.34. The van der Waals surface area contributed by atoms with E-state index >= 15 is 0 Å². The zero-order valence-corrected chi connectivity index (χ0v) is 23.8. The molecular weight excluding hydrogens is 518 g/mol. The molecule has 0 saturated heterocycles. The van der Waals surface area contributed by atoms with Crippen molar-refractivity contribution in [1.82, 2.24) is 14.4 Å². The van der Waals surface area contributed by atoms with Crippen LogP contribution in [0.1, 0.15) is 41.5 Å². The van der Waals surface area contributed by atoms with Crippen molar-refractivity contribution in [2.75, 3.05) is 27.3 Å². The van der Waals surface area contributed by atoms with Gasteiger partial charge in [-0.1, -0.05) is 30.3 Å². The molecule has 0 bridgehead atoms. The molecule has 4 aromatic rings. The van der Waals surface area contributed by atoms with Gasteiger partial charge in [-0.15, -0.1) is 0 Å². The third-order valence-corrected chi connectivity index (χ3v) is 7.30. The Labute approximate surface area is 240 Å². The van der Waals surface area contributed by atoms with Crippen LogP contribution >= 0.6 is 0 Å². The third-order valence-electron chi connectivity index (χ3n) is 7.30. The Morgan fingerprint density at radius 3 is 2.22 bits per heavy atom. The van der Waals surface area contributed by atoms with Crippen molar-refractivity contribution < 1.29 is 23.8 Å². The summed E-state index contributed by atoms with van der Waals surface area (Å²) in [5.74, 6) is 2.06. The lowest BCUT2D eigenvalue weighted by Crippen LogP contribution is -2.49. The number of fused-ring (bicyclic) bond motifs is 1. The van der Waals surface area contributed by atoms with Crippen molar-refractivity contribution in [3.05, 3.63) is 108 Å². The minimum absolute atomic E-state index is 0.0621. The summed E-state index contributed by atoms with van der Waals surface area (Å²) in [6, 6.07) is 26.0. The molecule has 3 aromatic carbocycles. The molecule has 1 unspecified atom stereocenters. The molecule has 212 valence electrons. The van der Waals surface area contributed by atoms with Gasteiger partial charge in [0.15, 0.2) is 0 Å². The zero-order valence-electron chi connectivity index (χ0n) is 23.8. The molecule has 0 saturated carbocycles.